The highest BCUT2D eigenvalue weighted by molar-refractivity contribution is 6.33. The molecule has 2 aromatic heterocycles. The molecule has 0 saturated heterocycles. The van der Waals surface area contributed by atoms with Gasteiger partial charge in [-0.25, -0.2) is 15.0 Å². The van der Waals surface area contributed by atoms with Gasteiger partial charge in [-0.3, -0.25) is 0 Å². The Kier molecular flexibility index (Phi) is 2.63. The van der Waals surface area contributed by atoms with Crippen LogP contribution < -0.4 is 0 Å². The number of aromatic nitrogens is 4. The molecule has 0 unspecified atom stereocenters. The molecule has 14 heavy (non-hydrogen) atoms. The van der Waals surface area contributed by atoms with Crippen LogP contribution in [0.5, 0.6) is 0 Å². The molecule has 4 nitrogen and oxygen atoms in total. The topological polar surface area (TPSA) is 54.5 Å². The fraction of sp³-hybridized carbons (Fsp3) is 0.444. The second kappa shape index (κ2) is 3.92. The Morgan fingerprint density at radius 1 is 1.43 bits per heavy atom. The Bertz CT molecular complexity index is 437. The van der Waals surface area contributed by atoms with Gasteiger partial charge in [0.25, 0.3) is 0 Å². The minimum Gasteiger partial charge on any atom is -0.341 e. The van der Waals surface area contributed by atoms with Gasteiger partial charge in [0.05, 0.1) is 6.33 Å². The number of rotatable bonds is 3. The monoisotopic (exact) mass is 210 g/mol. The summed E-state index contributed by atoms with van der Waals surface area (Å²) in [5.41, 5.74) is 1.36. The summed E-state index contributed by atoms with van der Waals surface area (Å²) in [7, 11) is 0. The zero-order chi connectivity index (χ0) is 9.97. The maximum Gasteiger partial charge on any atom is 0.182 e. The fourth-order valence-corrected chi connectivity index (χ4v) is 1.52. The molecule has 2 heterocycles. The van der Waals surface area contributed by atoms with Gasteiger partial charge >= 0.3 is 0 Å². The van der Waals surface area contributed by atoms with Gasteiger partial charge in [0.15, 0.2) is 10.8 Å². The number of halogens is 1. The molecule has 0 bridgehead atoms. The summed E-state index contributed by atoms with van der Waals surface area (Å²) in [6.07, 6.45) is 4.64. The van der Waals surface area contributed by atoms with Gasteiger partial charge in [0.1, 0.15) is 11.3 Å². The van der Waals surface area contributed by atoms with E-state index in [0.717, 1.165) is 25.1 Å². The van der Waals surface area contributed by atoms with E-state index in [1.165, 1.54) is 0 Å². The van der Waals surface area contributed by atoms with Crippen molar-refractivity contribution in [1.29, 1.82) is 0 Å². The third-order valence-corrected chi connectivity index (χ3v) is 2.32. The van der Waals surface area contributed by atoms with E-state index in [1.54, 1.807) is 6.33 Å². The number of nitrogens with one attached hydrogen (secondary N) is 1. The van der Waals surface area contributed by atoms with Crippen molar-refractivity contribution in [3.63, 3.8) is 0 Å². The molecule has 0 radical (unpaired) electrons. The number of unbranched alkanes of at least 4 members (excludes halogenated alkanes) is 1. The van der Waals surface area contributed by atoms with Crippen LogP contribution in [0.15, 0.2) is 6.33 Å². The number of hydrogen-bond acceptors (Lipinski definition) is 3. The third kappa shape index (κ3) is 1.70. The van der Waals surface area contributed by atoms with E-state index in [0.29, 0.717) is 16.3 Å². The molecule has 0 aromatic carbocycles. The van der Waals surface area contributed by atoms with Crippen molar-refractivity contribution in [1.82, 2.24) is 19.9 Å². The Labute approximate surface area is 86.7 Å². The van der Waals surface area contributed by atoms with Crippen molar-refractivity contribution in [3.05, 3.63) is 17.3 Å². The highest BCUT2D eigenvalue weighted by Gasteiger charge is 2.06. The molecule has 0 aliphatic rings. The molecule has 2 aromatic rings. The molecule has 1 N–H and O–H groups in total. The fourth-order valence-electron chi connectivity index (χ4n) is 1.29. The van der Waals surface area contributed by atoms with Gasteiger partial charge < -0.3 is 4.98 Å². The van der Waals surface area contributed by atoms with Gasteiger partial charge in [0.2, 0.25) is 0 Å². The number of imidazole rings is 1. The Balaban J connectivity index is 2.38. The molecule has 0 fully saturated rings. The lowest BCUT2D eigenvalue weighted by molar-refractivity contribution is 0.756. The number of hydrogen-bond donors (Lipinski definition) is 1. The second-order valence-electron chi connectivity index (χ2n) is 3.14. The summed E-state index contributed by atoms with van der Waals surface area (Å²) in [5.74, 6) is 0.774. The minimum atomic E-state index is 0.457. The van der Waals surface area contributed by atoms with Crippen LogP contribution in [-0.2, 0) is 6.42 Å². The standard InChI is InChI=1S/C9H11ClN4/c1-2-3-4-6-13-8(10)7-9(14-6)12-5-11-7/h5H,2-4H2,1H3,(H,11,12,13,14). The van der Waals surface area contributed by atoms with Crippen molar-refractivity contribution in [2.24, 2.45) is 0 Å². The molecule has 74 valence electrons. The number of H-pyrrole nitrogens is 1. The number of aromatic amines is 1. The number of aryl methyl sites for hydroxylation is 1. The molecule has 5 heteroatoms. The molecule has 0 spiro atoms. The maximum atomic E-state index is 5.96. The smallest absolute Gasteiger partial charge is 0.182 e. The predicted octanol–water partition coefficient (Wildman–Crippen LogP) is 2.35. The number of nitrogens with zero attached hydrogens (tertiary/aromatic N) is 3. The van der Waals surface area contributed by atoms with Gasteiger partial charge in [-0.2, -0.15) is 0 Å². The summed E-state index contributed by atoms with van der Waals surface area (Å²) in [6, 6.07) is 0. The molecule has 0 aliphatic carbocycles. The first-order chi connectivity index (χ1) is 6.81. The normalized spacial score (nSPS) is 11.0. The van der Waals surface area contributed by atoms with E-state index in [1.807, 2.05) is 0 Å². The van der Waals surface area contributed by atoms with Gasteiger partial charge in [0, 0.05) is 6.42 Å². The average molecular weight is 211 g/mol. The van der Waals surface area contributed by atoms with E-state index in [9.17, 15) is 0 Å². The highest BCUT2D eigenvalue weighted by Crippen LogP contribution is 2.16. The lowest BCUT2D eigenvalue weighted by Gasteiger charge is -1.99. The lowest BCUT2D eigenvalue weighted by atomic mass is 10.2. The van der Waals surface area contributed by atoms with Crippen molar-refractivity contribution in [3.8, 4) is 0 Å². The van der Waals surface area contributed by atoms with E-state index in [-0.39, 0.29) is 0 Å². The van der Waals surface area contributed by atoms with Crippen molar-refractivity contribution in [2.45, 2.75) is 26.2 Å². The van der Waals surface area contributed by atoms with Crippen LogP contribution in [0.3, 0.4) is 0 Å². The minimum absolute atomic E-state index is 0.457. The zero-order valence-electron chi connectivity index (χ0n) is 7.92. The largest absolute Gasteiger partial charge is 0.341 e. The summed E-state index contributed by atoms with van der Waals surface area (Å²) in [6.45, 7) is 2.13. The Morgan fingerprint density at radius 2 is 2.29 bits per heavy atom. The van der Waals surface area contributed by atoms with E-state index in [2.05, 4.69) is 26.9 Å². The second-order valence-corrected chi connectivity index (χ2v) is 3.49. The summed E-state index contributed by atoms with van der Waals surface area (Å²) in [4.78, 5) is 15.5. The molecular weight excluding hydrogens is 200 g/mol. The maximum absolute atomic E-state index is 5.96. The molecule has 2 rings (SSSR count). The highest BCUT2D eigenvalue weighted by atomic mass is 35.5. The lowest BCUT2D eigenvalue weighted by Crippen LogP contribution is -1.96. The summed E-state index contributed by atoms with van der Waals surface area (Å²) >= 11 is 5.96. The van der Waals surface area contributed by atoms with Crippen molar-refractivity contribution in [2.75, 3.05) is 0 Å². The predicted molar refractivity (Wildman–Crippen MR) is 55.3 cm³/mol. The summed E-state index contributed by atoms with van der Waals surface area (Å²) in [5, 5.41) is 0.457. The third-order valence-electron chi connectivity index (χ3n) is 2.04. The Morgan fingerprint density at radius 3 is 3.07 bits per heavy atom. The average Bonchev–Trinajstić information content (AvgIpc) is 2.63. The first kappa shape index (κ1) is 9.40. The van der Waals surface area contributed by atoms with Gasteiger partial charge in [-0.15, -0.1) is 0 Å². The van der Waals surface area contributed by atoms with E-state index in [4.69, 9.17) is 11.6 Å². The van der Waals surface area contributed by atoms with Crippen LogP contribution in [0.2, 0.25) is 5.15 Å². The van der Waals surface area contributed by atoms with E-state index >= 15 is 0 Å². The van der Waals surface area contributed by atoms with Gasteiger partial charge in [-0.1, -0.05) is 24.9 Å². The van der Waals surface area contributed by atoms with Crippen molar-refractivity contribution < 1.29 is 0 Å². The molecule has 0 amide bonds. The Hall–Kier alpha value is -1.16. The van der Waals surface area contributed by atoms with Crippen LogP contribution in [0.4, 0.5) is 0 Å². The van der Waals surface area contributed by atoms with Crippen LogP contribution in [0, 0.1) is 0 Å². The SMILES string of the molecule is CCCCc1nc(Cl)c2[nH]cnc2n1. The molecule has 0 saturated carbocycles. The van der Waals surface area contributed by atoms with Crippen LogP contribution in [0.1, 0.15) is 25.6 Å². The summed E-state index contributed by atoms with van der Waals surface area (Å²) < 4.78 is 0. The quantitative estimate of drug-likeness (QED) is 0.792. The number of fused-ring (bicyclic) bond motifs is 1. The van der Waals surface area contributed by atoms with Gasteiger partial charge in [-0.05, 0) is 6.42 Å². The van der Waals surface area contributed by atoms with E-state index < -0.39 is 0 Å². The first-order valence-electron chi connectivity index (χ1n) is 4.66. The van der Waals surface area contributed by atoms with Crippen LogP contribution >= 0.6 is 11.6 Å². The molecular formula is C9H11ClN4. The molecule has 0 aliphatic heterocycles. The first-order valence-corrected chi connectivity index (χ1v) is 5.04. The van der Waals surface area contributed by atoms with Crippen LogP contribution in [0.25, 0.3) is 11.2 Å². The van der Waals surface area contributed by atoms with Crippen LogP contribution in [-0.4, -0.2) is 19.9 Å². The zero-order valence-corrected chi connectivity index (χ0v) is 8.67. The van der Waals surface area contributed by atoms with Crippen molar-refractivity contribution >= 4 is 22.8 Å². The molecule has 0 atom stereocenters.